The molecule has 0 saturated carbocycles. The van der Waals surface area contributed by atoms with E-state index in [1.165, 1.54) is 18.2 Å². The topological polar surface area (TPSA) is 76.7 Å². The second kappa shape index (κ2) is 7.22. The van der Waals surface area contributed by atoms with Gasteiger partial charge in [0.2, 0.25) is 0 Å². The van der Waals surface area contributed by atoms with Gasteiger partial charge >= 0.3 is 0 Å². The van der Waals surface area contributed by atoms with Crippen LogP contribution in [0.3, 0.4) is 0 Å². The van der Waals surface area contributed by atoms with Gasteiger partial charge < -0.3 is 5.32 Å². The van der Waals surface area contributed by atoms with Gasteiger partial charge in [0.15, 0.2) is 0 Å². The van der Waals surface area contributed by atoms with Crippen LogP contribution in [0.15, 0.2) is 48.0 Å². The van der Waals surface area contributed by atoms with E-state index in [0.29, 0.717) is 11.1 Å². The Kier molecular flexibility index (Phi) is 5.09. The SMILES string of the molecule is N#C/C(=C/c1ccc(C#N)cc1)C(=O)Nc1ccc(F)c(Cl)c1. The number of halogens is 2. The largest absolute Gasteiger partial charge is 0.321 e. The van der Waals surface area contributed by atoms with E-state index < -0.39 is 11.7 Å². The number of carbonyl (C=O) groups is 1. The number of carbonyl (C=O) groups excluding carboxylic acids is 1. The number of nitrogens with zero attached hydrogens (tertiary/aromatic N) is 2. The number of benzene rings is 2. The second-order valence-corrected chi connectivity index (χ2v) is 4.89. The van der Waals surface area contributed by atoms with Crippen LogP contribution in [-0.2, 0) is 4.79 Å². The Labute approximate surface area is 137 Å². The summed E-state index contributed by atoms with van der Waals surface area (Å²) in [5, 5.41) is 20.2. The first-order valence-corrected chi connectivity index (χ1v) is 6.79. The van der Waals surface area contributed by atoms with Crippen LogP contribution in [-0.4, -0.2) is 5.91 Å². The normalized spacial score (nSPS) is 10.5. The molecule has 2 aromatic carbocycles. The summed E-state index contributed by atoms with van der Waals surface area (Å²) in [7, 11) is 0. The standard InChI is InChI=1S/C17H9ClFN3O/c18-15-8-14(5-6-16(15)19)22-17(23)13(10-21)7-11-1-3-12(9-20)4-2-11/h1-8H,(H,22,23)/b13-7-. The summed E-state index contributed by atoms with van der Waals surface area (Å²) in [4.78, 5) is 12.1. The van der Waals surface area contributed by atoms with Gasteiger partial charge in [-0.1, -0.05) is 23.7 Å². The lowest BCUT2D eigenvalue weighted by Gasteiger charge is -2.05. The molecular weight excluding hydrogens is 317 g/mol. The summed E-state index contributed by atoms with van der Waals surface area (Å²) in [5.74, 6) is -1.24. The molecule has 0 aromatic heterocycles. The lowest BCUT2D eigenvalue weighted by molar-refractivity contribution is -0.112. The van der Waals surface area contributed by atoms with Crippen molar-refractivity contribution in [3.63, 3.8) is 0 Å². The summed E-state index contributed by atoms with van der Waals surface area (Å²) >= 11 is 5.64. The molecule has 0 aliphatic carbocycles. The number of hydrogen-bond donors (Lipinski definition) is 1. The molecule has 4 nitrogen and oxygen atoms in total. The summed E-state index contributed by atoms with van der Waals surface area (Å²) in [6, 6.07) is 13.9. The molecule has 0 spiro atoms. The molecule has 23 heavy (non-hydrogen) atoms. The van der Waals surface area contributed by atoms with E-state index in [4.69, 9.17) is 22.1 Å². The van der Waals surface area contributed by atoms with Gasteiger partial charge in [-0.25, -0.2) is 4.39 Å². The van der Waals surface area contributed by atoms with Crippen molar-refractivity contribution >= 4 is 29.3 Å². The molecule has 2 rings (SSSR count). The molecule has 0 radical (unpaired) electrons. The molecule has 1 N–H and O–H groups in total. The van der Waals surface area contributed by atoms with E-state index in [-0.39, 0.29) is 16.3 Å². The van der Waals surface area contributed by atoms with Gasteiger partial charge in [-0.3, -0.25) is 4.79 Å². The van der Waals surface area contributed by atoms with E-state index in [1.54, 1.807) is 30.3 Å². The van der Waals surface area contributed by atoms with Crippen LogP contribution >= 0.6 is 11.6 Å². The zero-order chi connectivity index (χ0) is 16.8. The Morgan fingerprint density at radius 3 is 2.43 bits per heavy atom. The summed E-state index contributed by atoms with van der Waals surface area (Å²) < 4.78 is 13.1. The van der Waals surface area contributed by atoms with Gasteiger partial charge in [0.1, 0.15) is 17.5 Å². The predicted molar refractivity (Wildman–Crippen MR) is 84.8 cm³/mol. The Hall–Kier alpha value is -3.15. The Morgan fingerprint density at radius 1 is 1.17 bits per heavy atom. The van der Waals surface area contributed by atoms with Crippen molar-refractivity contribution in [1.82, 2.24) is 0 Å². The molecule has 112 valence electrons. The number of nitriles is 2. The Bertz CT molecular complexity index is 861. The fraction of sp³-hybridized carbons (Fsp3) is 0. The van der Waals surface area contributed by atoms with Gasteiger partial charge in [0, 0.05) is 5.69 Å². The zero-order valence-corrected chi connectivity index (χ0v) is 12.4. The molecule has 0 heterocycles. The maximum Gasteiger partial charge on any atom is 0.266 e. The van der Waals surface area contributed by atoms with Crippen LogP contribution in [0.4, 0.5) is 10.1 Å². The molecule has 0 atom stereocenters. The highest BCUT2D eigenvalue weighted by Crippen LogP contribution is 2.20. The van der Waals surface area contributed by atoms with Gasteiger partial charge in [-0.2, -0.15) is 10.5 Å². The third kappa shape index (κ3) is 4.16. The lowest BCUT2D eigenvalue weighted by Crippen LogP contribution is -2.13. The average molecular weight is 326 g/mol. The summed E-state index contributed by atoms with van der Waals surface area (Å²) in [6.07, 6.45) is 1.39. The fourth-order valence-electron chi connectivity index (χ4n) is 1.74. The van der Waals surface area contributed by atoms with Crippen LogP contribution in [0, 0.1) is 28.5 Å². The molecule has 0 aliphatic heterocycles. The molecule has 0 bridgehead atoms. The maximum atomic E-state index is 13.1. The van der Waals surface area contributed by atoms with Gasteiger partial charge in [0.05, 0.1) is 16.7 Å². The van der Waals surface area contributed by atoms with Crippen molar-refractivity contribution in [2.24, 2.45) is 0 Å². The molecule has 1 amide bonds. The van der Waals surface area contributed by atoms with Gasteiger partial charge in [0.25, 0.3) is 5.91 Å². The predicted octanol–water partition coefficient (Wildman–Crippen LogP) is 3.90. The van der Waals surface area contributed by atoms with E-state index in [1.807, 2.05) is 6.07 Å². The minimum atomic E-state index is -0.639. The first-order chi connectivity index (χ1) is 11.0. The summed E-state index contributed by atoms with van der Waals surface area (Å²) in [6.45, 7) is 0. The second-order valence-electron chi connectivity index (χ2n) is 4.49. The van der Waals surface area contributed by atoms with Gasteiger partial charge in [-0.05, 0) is 42.0 Å². The smallest absolute Gasteiger partial charge is 0.266 e. The molecule has 0 aliphatic rings. The third-order valence-corrected chi connectivity index (χ3v) is 3.18. The molecular formula is C17H9ClFN3O. The van der Waals surface area contributed by atoms with Crippen molar-refractivity contribution in [2.45, 2.75) is 0 Å². The lowest BCUT2D eigenvalue weighted by atomic mass is 10.1. The average Bonchev–Trinajstić information content (AvgIpc) is 2.56. The molecule has 0 unspecified atom stereocenters. The van der Waals surface area contributed by atoms with Crippen molar-refractivity contribution < 1.29 is 9.18 Å². The fourth-order valence-corrected chi connectivity index (χ4v) is 1.92. The van der Waals surface area contributed by atoms with E-state index >= 15 is 0 Å². The molecule has 6 heteroatoms. The number of amides is 1. The minimum absolute atomic E-state index is 0.127. The number of nitrogens with one attached hydrogen (secondary N) is 1. The Balaban J connectivity index is 2.20. The van der Waals surface area contributed by atoms with Gasteiger partial charge in [-0.15, -0.1) is 0 Å². The first kappa shape index (κ1) is 16.2. The van der Waals surface area contributed by atoms with Crippen LogP contribution in [0.5, 0.6) is 0 Å². The van der Waals surface area contributed by atoms with Crippen LogP contribution < -0.4 is 5.32 Å². The highest BCUT2D eigenvalue weighted by atomic mass is 35.5. The Morgan fingerprint density at radius 2 is 1.87 bits per heavy atom. The van der Waals surface area contributed by atoms with Crippen molar-refractivity contribution in [2.75, 3.05) is 5.32 Å². The third-order valence-electron chi connectivity index (χ3n) is 2.89. The molecule has 2 aromatic rings. The quantitative estimate of drug-likeness (QED) is 0.687. The number of rotatable bonds is 3. The first-order valence-electron chi connectivity index (χ1n) is 6.42. The minimum Gasteiger partial charge on any atom is -0.321 e. The van der Waals surface area contributed by atoms with Crippen LogP contribution in [0.2, 0.25) is 5.02 Å². The van der Waals surface area contributed by atoms with Crippen molar-refractivity contribution in [3.05, 3.63) is 70.0 Å². The van der Waals surface area contributed by atoms with Crippen molar-refractivity contribution in [1.29, 1.82) is 10.5 Å². The summed E-state index contributed by atoms with van der Waals surface area (Å²) in [5.41, 5.74) is 1.23. The van der Waals surface area contributed by atoms with Crippen LogP contribution in [0.25, 0.3) is 6.08 Å². The monoisotopic (exact) mass is 325 g/mol. The number of hydrogen-bond acceptors (Lipinski definition) is 3. The zero-order valence-electron chi connectivity index (χ0n) is 11.7. The highest BCUT2D eigenvalue weighted by Gasteiger charge is 2.10. The number of anilines is 1. The molecule has 0 saturated heterocycles. The van der Waals surface area contributed by atoms with E-state index in [2.05, 4.69) is 5.32 Å². The van der Waals surface area contributed by atoms with E-state index in [9.17, 15) is 9.18 Å². The van der Waals surface area contributed by atoms with Crippen LogP contribution in [0.1, 0.15) is 11.1 Å². The van der Waals surface area contributed by atoms with E-state index in [0.717, 1.165) is 6.07 Å². The maximum absolute atomic E-state index is 13.1. The highest BCUT2D eigenvalue weighted by molar-refractivity contribution is 6.31. The van der Waals surface area contributed by atoms with Crippen molar-refractivity contribution in [3.8, 4) is 12.1 Å². The molecule has 0 fully saturated rings.